The van der Waals surface area contributed by atoms with Crippen LogP contribution in [0.2, 0.25) is 0 Å². The normalized spacial score (nSPS) is 15.2. The molecule has 0 radical (unpaired) electrons. The van der Waals surface area contributed by atoms with E-state index < -0.39 is 0 Å². The minimum atomic E-state index is 1.15. The fraction of sp³-hybridized carbons (Fsp3) is 0.375. The highest BCUT2D eigenvalue weighted by Crippen LogP contribution is 2.16. The van der Waals surface area contributed by atoms with E-state index in [1.54, 1.807) is 4.68 Å². The molecule has 1 aliphatic rings. The highest BCUT2D eigenvalue weighted by atomic mass is 15.3. The summed E-state index contributed by atoms with van der Waals surface area (Å²) in [6, 6.07) is 4.16. The van der Waals surface area contributed by atoms with Crippen LogP contribution < -0.4 is 10.5 Å². The Balaban J connectivity index is 2.59. The molecular weight excluding hydrogens is 124 g/mol. The first kappa shape index (κ1) is 5.71. The number of pyridine rings is 1. The first-order valence-electron chi connectivity index (χ1n) is 3.65. The van der Waals surface area contributed by atoms with Gasteiger partial charge in [-0.15, -0.1) is 0 Å². The monoisotopic (exact) mass is 135 g/mol. The molecule has 1 aromatic rings. The van der Waals surface area contributed by atoms with Crippen molar-refractivity contribution in [1.82, 2.24) is 0 Å². The molecule has 0 unspecified atom stereocenters. The smallest absolute Gasteiger partial charge is 0.205 e. The summed E-state index contributed by atoms with van der Waals surface area (Å²) in [6.45, 7) is 0. The van der Waals surface area contributed by atoms with E-state index in [0.29, 0.717) is 0 Å². The van der Waals surface area contributed by atoms with E-state index in [9.17, 15) is 0 Å². The standard InChI is InChI=1S/C8H11N2/c9-10-6-2-4-7-3-1-5-8(7)10/h2,4,6H,1,3,5,9H2/q+1. The number of fused-ring (bicyclic) bond motifs is 1. The Morgan fingerprint density at radius 1 is 1.40 bits per heavy atom. The highest BCUT2D eigenvalue weighted by Gasteiger charge is 2.19. The predicted octanol–water partition coefficient (Wildman–Crippen LogP) is 0.177. The molecule has 0 saturated heterocycles. The van der Waals surface area contributed by atoms with Gasteiger partial charge in [0.15, 0.2) is 6.20 Å². The van der Waals surface area contributed by atoms with Crippen LogP contribution in [0, 0.1) is 0 Å². The lowest BCUT2D eigenvalue weighted by atomic mass is 10.2. The Kier molecular flexibility index (Phi) is 1.13. The van der Waals surface area contributed by atoms with E-state index in [0.717, 1.165) is 6.42 Å². The molecule has 2 nitrogen and oxygen atoms in total. The topological polar surface area (TPSA) is 29.9 Å². The van der Waals surface area contributed by atoms with Crippen molar-refractivity contribution in [2.45, 2.75) is 19.3 Å². The fourth-order valence-corrected chi connectivity index (χ4v) is 1.57. The van der Waals surface area contributed by atoms with E-state index in [-0.39, 0.29) is 0 Å². The molecule has 0 aliphatic heterocycles. The molecule has 1 aromatic heterocycles. The lowest BCUT2D eigenvalue weighted by molar-refractivity contribution is -0.646. The second-order valence-electron chi connectivity index (χ2n) is 2.74. The van der Waals surface area contributed by atoms with Gasteiger partial charge in [-0.1, -0.05) is 4.68 Å². The minimum Gasteiger partial charge on any atom is -0.205 e. The number of aryl methyl sites for hydroxylation is 1. The van der Waals surface area contributed by atoms with Crippen molar-refractivity contribution in [3.8, 4) is 0 Å². The zero-order valence-corrected chi connectivity index (χ0v) is 5.88. The van der Waals surface area contributed by atoms with Crippen molar-refractivity contribution in [3.05, 3.63) is 29.6 Å². The third-order valence-corrected chi connectivity index (χ3v) is 2.09. The molecule has 0 saturated carbocycles. The van der Waals surface area contributed by atoms with E-state index in [1.807, 2.05) is 12.3 Å². The molecule has 10 heavy (non-hydrogen) atoms. The van der Waals surface area contributed by atoms with Crippen molar-refractivity contribution < 1.29 is 4.68 Å². The van der Waals surface area contributed by atoms with Crippen LogP contribution in [-0.4, -0.2) is 0 Å². The average Bonchev–Trinajstić information content (AvgIpc) is 2.36. The first-order chi connectivity index (χ1) is 4.88. The van der Waals surface area contributed by atoms with E-state index in [1.165, 1.54) is 24.1 Å². The van der Waals surface area contributed by atoms with Gasteiger partial charge in [0.05, 0.1) is 0 Å². The van der Waals surface area contributed by atoms with Crippen LogP contribution in [0.25, 0.3) is 0 Å². The van der Waals surface area contributed by atoms with Gasteiger partial charge in [-0.25, -0.2) is 5.84 Å². The Labute approximate surface area is 60.3 Å². The maximum atomic E-state index is 5.69. The van der Waals surface area contributed by atoms with Gasteiger partial charge in [0, 0.05) is 18.1 Å². The van der Waals surface area contributed by atoms with Gasteiger partial charge in [-0.2, -0.15) is 0 Å². The van der Waals surface area contributed by atoms with Gasteiger partial charge >= 0.3 is 0 Å². The van der Waals surface area contributed by atoms with E-state index in [4.69, 9.17) is 5.84 Å². The number of nitrogens with zero attached hydrogens (tertiary/aromatic N) is 1. The van der Waals surface area contributed by atoms with Gasteiger partial charge in [-0.05, 0) is 18.9 Å². The van der Waals surface area contributed by atoms with Gasteiger partial charge in [0.2, 0.25) is 5.69 Å². The van der Waals surface area contributed by atoms with Crippen LogP contribution in [-0.2, 0) is 12.8 Å². The Morgan fingerprint density at radius 3 is 3.10 bits per heavy atom. The molecule has 0 bridgehead atoms. The molecule has 0 atom stereocenters. The Hall–Kier alpha value is -1.05. The molecule has 0 amide bonds. The Morgan fingerprint density at radius 2 is 2.30 bits per heavy atom. The molecule has 2 N–H and O–H groups in total. The van der Waals surface area contributed by atoms with Crippen molar-refractivity contribution in [3.63, 3.8) is 0 Å². The summed E-state index contributed by atoms with van der Waals surface area (Å²) < 4.78 is 1.74. The SMILES string of the molecule is N[n+]1cccc2c1CCC2. The number of hydrogen-bond donors (Lipinski definition) is 1. The molecule has 0 fully saturated rings. The third kappa shape index (κ3) is 0.685. The van der Waals surface area contributed by atoms with Crippen LogP contribution in [0.4, 0.5) is 0 Å². The van der Waals surface area contributed by atoms with Crippen molar-refractivity contribution in [2.24, 2.45) is 0 Å². The third-order valence-electron chi connectivity index (χ3n) is 2.09. The van der Waals surface area contributed by atoms with Crippen molar-refractivity contribution in [2.75, 3.05) is 5.84 Å². The molecule has 2 heteroatoms. The largest absolute Gasteiger partial charge is 0.214 e. The molecule has 0 spiro atoms. The van der Waals surface area contributed by atoms with Gasteiger partial charge < -0.3 is 0 Å². The quantitative estimate of drug-likeness (QED) is 0.399. The number of aromatic nitrogens is 1. The summed E-state index contributed by atoms with van der Waals surface area (Å²) in [7, 11) is 0. The maximum Gasteiger partial charge on any atom is 0.214 e. The lowest BCUT2D eigenvalue weighted by Gasteiger charge is -1.92. The predicted molar refractivity (Wildman–Crippen MR) is 38.8 cm³/mol. The summed E-state index contributed by atoms with van der Waals surface area (Å²) >= 11 is 0. The summed E-state index contributed by atoms with van der Waals surface area (Å²) in [4.78, 5) is 0. The van der Waals surface area contributed by atoms with Crippen LogP contribution in [0.15, 0.2) is 18.3 Å². The second-order valence-corrected chi connectivity index (χ2v) is 2.74. The van der Waals surface area contributed by atoms with Crippen molar-refractivity contribution >= 4 is 0 Å². The van der Waals surface area contributed by atoms with Gasteiger partial charge in [0.1, 0.15) is 0 Å². The molecular formula is C8H11N2+. The second kappa shape index (κ2) is 1.97. The lowest BCUT2D eigenvalue weighted by Crippen LogP contribution is -2.47. The van der Waals surface area contributed by atoms with Gasteiger partial charge in [-0.3, -0.25) is 0 Å². The molecule has 2 rings (SSSR count). The highest BCUT2D eigenvalue weighted by molar-refractivity contribution is 5.20. The number of nitrogen functional groups attached to an aromatic ring is 1. The van der Waals surface area contributed by atoms with E-state index >= 15 is 0 Å². The summed E-state index contributed by atoms with van der Waals surface area (Å²) in [6.07, 6.45) is 5.51. The molecule has 0 aromatic carbocycles. The number of nitrogens with two attached hydrogens (primary N) is 1. The fourth-order valence-electron chi connectivity index (χ4n) is 1.57. The van der Waals surface area contributed by atoms with Crippen LogP contribution in [0.1, 0.15) is 17.7 Å². The van der Waals surface area contributed by atoms with Crippen LogP contribution >= 0.6 is 0 Å². The molecule has 1 heterocycles. The first-order valence-corrected chi connectivity index (χ1v) is 3.65. The van der Waals surface area contributed by atoms with Crippen molar-refractivity contribution in [1.29, 1.82) is 0 Å². The van der Waals surface area contributed by atoms with E-state index in [2.05, 4.69) is 6.07 Å². The summed E-state index contributed by atoms with van der Waals surface area (Å²) in [5, 5.41) is 0. The Bertz CT molecular complexity index is 255. The molecule has 1 aliphatic carbocycles. The minimum absolute atomic E-state index is 1.15. The van der Waals surface area contributed by atoms with Crippen LogP contribution in [0.3, 0.4) is 0 Å². The van der Waals surface area contributed by atoms with Crippen LogP contribution in [0.5, 0.6) is 0 Å². The average molecular weight is 135 g/mol. The van der Waals surface area contributed by atoms with Gasteiger partial charge in [0.25, 0.3) is 0 Å². The zero-order valence-electron chi connectivity index (χ0n) is 5.88. The summed E-state index contributed by atoms with van der Waals surface area (Å²) in [5.74, 6) is 5.69. The zero-order chi connectivity index (χ0) is 6.97. The molecule has 52 valence electrons. The number of rotatable bonds is 0. The summed E-state index contributed by atoms with van der Waals surface area (Å²) in [5.41, 5.74) is 2.73. The maximum absolute atomic E-state index is 5.69. The number of hydrogen-bond acceptors (Lipinski definition) is 1.